The van der Waals surface area contributed by atoms with Crippen molar-refractivity contribution in [3.63, 3.8) is 0 Å². The van der Waals surface area contributed by atoms with E-state index in [0.29, 0.717) is 31.5 Å². The SMILES string of the molecule is CCO/C(N)=C1\C=C\c2n[nH]c3cnc(cc23)-c2c(C)nn(C)c2OC(C)CN(C)CC1=NC(C)CN1CCCCC1. The van der Waals surface area contributed by atoms with Crippen molar-refractivity contribution in [2.75, 3.05) is 46.4 Å². The van der Waals surface area contributed by atoms with Gasteiger partial charge in [-0.05, 0) is 78.9 Å². The van der Waals surface area contributed by atoms with Crippen LogP contribution >= 0.6 is 0 Å². The highest BCUT2D eigenvalue weighted by Crippen LogP contribution is 2.34. The van der Waals surface area contributed by atoms with E-state index < -0.39 is 0 Å². The van der Waals surface area contributed by atoms with Gasteiger partial charge in [0, 0.05) is 32.1 Å². The Balaban J connectivity index is 1.61. The van der Waals surface area contributed by atoms with E-state index in [1.54, 1.807) is 10.9 Å². The molecule has 11 heteroatoms. The Hall–Kier alpha value is -3.70. The Bertz CT molecular complexity index is 1480. The minimum atomic E-state index is -0.124. The number of likely N-dealkylation sites (tertiary alicyclic amines) is 1. The Morgan fingerprint density at radius 2 is 2.02 bits per heavy atom. The van der Waals surface area contributed by atoms with Gasteiger partial charge in [-0.2, -0.15) is 10.2 Å². The fourth-order valence-corrected chi connectivity index (χ4v) is 5.99. The highest BCUT2D eigenvalue weighted by Gasteiger charge is 2.23. The molecule has 0 saturated carbocycles. The molecule has 2 bridgehead atoms. The number of aliphatic imine (C=N–C) groups is 1. The number of ether oxygens (including phenoxy) is 2. The first kappa shape index (κ1) is 29.8. The maximum Gasteiger partial charge on any atom is 0.221 e. The van der Waals surface area contributed by atoms with E-state index in [2.05, 4.69) is 46.0 Å². The number of aryl methyl sites for hydroxylation is 2. The van der Waals surface area contributed by atoms with Crippen LogP contribution < -0.4 is 10.5 Å². The minimum absolute atomic E-state index is 0.0971. The van der Waals surface area contributed by atoms with Gasteiger partial charge < -0.3 is 20.1 Å². The third-order valence-corrected chi connectivity index (χ3v) is 7.84. The summed E-state index contributed by atoms with van der Waals surface area (Å²) in [6.45, 7) is 13.1. The number of nitrogens with one attached hydrogen (secondary N) is 1. The fraction of sp³-hybridized carbons (Fsp3) is 0.548. The maximum atomic E-state index is 6.58. The van der Waals surface area contributed by atoms with Crippen LogP contribution in [-0.4, -0.2) is 99.0 Å². The van der Waals surface area contributed by atoms with Crippen LogP contribution in [0.4, 0.5) is 0 Å². The molecule has 2 aliphatic heterocycles. The predicted molar refractivity (Wildman–Crippen MR) is 167 cm³/mol. The van der Waals surface area contributed by atoms with Crippen LogP contribution in [0.1, 0.15) is 51.4 Å². The van der Waals surface area contributed by atoms with Crippen molar-refractivity contribution in [1.29, 1.82) is 0 Å². The molecule has 0 aliphatic carbocycles. The van der Waals surface area contributed by atoms with Gasteiger partial charge in [-0.25, -0.2) is 4.68 Å². The number of pyridine rings is 1. The summed E-state index contributed by atoms with van der Waals surface area (Å²) in [5.74, 6) is 1.05. The fourth-order valence-electron chi connectivity index (χ4n) is 5.99. The molecule has 5 heterocycles. The Morgan fingerprint density at radius 3 is 2.79 bits per heavy atom. The van der Waals surface area contributed by atoms with Gasteiger partial charge >= 0.3 is 0 Å². The first-order valence-corrected chi connectivity index (χ1v) is 15.1. The molecule has 42 heavy (non-hydrogen) atoms. The van der Waals surface area contributed by atoms with Gasteiger partial charge in [-0.15, -0.1) is 0 Å². The molecule has 0 radical (unpaired) electrons. The molecule has 5 rings (SSSR count). The van der Waals surface area contributed by atoms with Gasteiger partial charge in [0.25, 0.3) is 0 Å². The molecular formula is C31H45N9O2. The zero-order chi connectivity index (χ0) is 29.8. The smallest absolute Gasteiger partial charge is 0.221 e. The number of aromatic nitrogens is 5. The van der Waals surface area contributed by atoms with Crippen LogP contribution in [0.2, 0.25) is 0 Å². The number of allylic oxidation sites excluding steroid dienone is 1. The van der Waals surface area contributed by atoms with E-state index in [1.807, 2.05) is 39.1 Å². The number of H-pyrrole nitrogens is 1. The van der Waals surface area contributed by atoms with Crippen LogP contribution in [-0.2, 0) is 11.8 Å². The molecule has 2 aliphatic rings. The van der Waals surface area contributed by atoms with Crippen LogP contribution in [0, 0.1) is 6.92 Å². The normalized spacial score (nSPS) is 22.8. The lowest BCUT2D eigenvalue weighted by molar-refractivity contribution is 0.159. The van der Waals surface area contributed by atoms with Gasteiger partial charge in [0.2, 0.25) is 5.88 Å². The van der Waals surface area contributed by atoms with Crippen molar-refractivity contribution in [2.45, 2.75) is 59.1 Å². The molecule has 2 atom stereocenters. The molecule has 3 aromatic heterocycles. The van der Waals surface area contributed by atoms with Crippen LogP contribution in [0.15, 0.2) is 34.8 Å². The van der Waals surface area contributed by atoms with Gasteiger partial charge in [0.15, 0.2) is 5.88 Å². The number of nitrogens with zero attached hydrogens (tertiary/aromatic N) is 7. The molecule has 3 N–H and O–H groups in total. The number of piperidine rings is 1. The van der Waals surface area contributed by atoms with Crippen LogP contribution in [0.3, 0.4) is 0 Å². The molecule has 3 aromatic rings. The van der Waals surface area contributed by atoms with Crippen molar-refractivity contribution in [1.82, 2.24) is 34.8 Å². The summed E-state index contributed by atoms with van der Waals surface area (Å²) in [6, 6.07) is 2.14. The van der Waals surface area contributed by atoms with Gasteiger partial charge in [0.05, 0.1) is 58.3 Å². The Morgan fingerprint density at radius 1 is 1.24 bits per heavy atom. The summed E-state index contributed by atoms with van der Waals surface area (Å²) in [5, 5.41) is 13.3. The first-order chi connectivity index (χ1) is 20.2. The van der Waals surface area contributed by atoms with Crippen LogP contribution in [0.5, 0.6) is 5.88 Å². The van der Waals surface area contributed by atoms with E-state index in [-0.39, 0.29) is 12.1 Å². The number of rotatable bonds is 5. The van der Waals surface area contributed by atoms with E-state index in [4.69, 9.17) is 25.2 Å². The lowest BCUT2D eigenvalue weighted by Crippen LogP contribution is -2.38. The summed E-state index contributed by atoms with van der Waals surface area (Å²) in [5.41, 5.74) is 12.4. The van der Waals surface area contributed by atoms with Crippen molar-refractivity contribution in [3.8, 4) is 17.1 Å². The van der Waals surface area contributed by atoms with Gasteiger partial charge in [0.1, 0.15) is 6.10 Å². The molecule has 0 aromatic carbocycles. The summed E-state index contributed by atoms with van der Waals surface area (Å²) in [7, 11) is 3.99. The molecule has 2 unspecified atom stereocenters. The second-order valence-electron chi connectivity index (χ2n) is 11.6. The van der Waals surface area contributed by atoms with E-state index >= 15 is 0 Å². The van der Waals surface area contributed by atoms with Gasteiger partial charge in [-0.1, -0.05) is 6.42 Å². The average molecular weight is 576 g/mol. The van der Waals surface area contributed by atoms with Crippen molar-refractivity contribution in [3.05, 3.63) is 41.2 Å². The zero-order valence-electron chi connectivity index (χ0n) is 25.9. The van der Waals surface area contributed by atoms with E-state index in [9.17, 15) is 0 Å². The highest BCUT2D eigenvalue weighted by atomic mass is 16.5. The monoisotopic (exact) mass is 575 g/mol. The topological polar surface area (TPSA) is 123 Å². The molecular weight excluding hydrogens is 530 g/mol. The third-order valence-electron chi connectivity index (χ3n) is 7.84. The standard InChI is InChI=1S/C31H45N9O2/c1-7-41-30(32)23-11-12-25-24-15-26(33-16-27(24)36-35-25)29-22(4)37-39(6)31(29)42-21(3)18-38(5)19-28(23)34-20(2)17-40-13-9-8-10-14-40/h11-12,15-16,20-21H,7-10,13-14,17-19,32H2,1-6H3,(H,35,36)/b12-11+,30-23+,34-28?. The second kappa shape index (κ2) is 13.1. The lowest BCUT2D eigenvalue weighted by atomic mass is 10.1. The van der Waals surface area contributed by atoms with Crippen molar-refractivity contribution < 1.29 is 9.47 Å². The number of likely N-dealkylation sites (N-methyl/N-ethyl adjacent to an activating group) is 1. The van der Waals surface area contributed by atoms with E-state index in [0.717, 1.165) is 64.5 Å². The summed E-state index contributed by atoms with van der Waals surface area (Å²) in [4.78, 5) is 14.7. The summed E-state index contributed by atoms with van der Waals surface area (Å²) < 4.78 is 14.2. The Kier molecular flexibility index (Phi) is 9.27. The molecule has 226 valence electrons. The lowest BCUT2D eigenvalue weighted by Gasteiger charge is -2.29. The molecule has 0 spiro atoms. The van der Waals surface area contributed by atoms with Gasteiger partial charge in [-0.3, -0.25) is 20.0 Å². The number of aromatic amines is 1. The zero-order valence-corrected chi connectivity index (χ0v) is 25.9. The van der Waals surface area contributed by atoms with Crippen LogP contribution in [0.25, 0.3) is 28.2 Å². The summed E-state index contributed by atoms with van der Waals surface area (Å²) >= 11 is 0. The molecule has 11 nitrogen and oxygen atoms in total. The molecule has 1 fully saturated rings. The predicted octanol–water partition coefficient (Wildman–Crippen LogP) is 3.91. The average Bonchev–Trinajstić information content (AvgIpc) is 3.47. The Labute approximate surface area is 248 Å². The second-order valence-corrected chi connectivity index (χ2v) is 11.6. The molecule has 0 amide bonds. The quantitative estimate of drug-likeness (QED) is 0.439. The minimum Gasteiger partial charge on any atom is -0.479 e. The molecule has 1 saturated heterocycles. The van der Waals surface area contributed by atoms with E-state index in [1.165, 1.54) is 19.3 Å². The van der Waals surface area contributed by atoms with Crippen molar-refractivity contribution >= 4 is 22.7 Å². The number of hydrogen-bond donors (Lipinski definition) is 2. The number of hydrogen-bond acceptors (Lipinski definition) is 9. The summed E-state index contributed by atoms with van der Waals surface area (Å²) in [6.07, 6.45) is 9.46. The highest BCUT2D eigenvalue weighted by molar-refractivity contribution is 6.05. The number of nitrogens with two attached hydrogens (primary N) is 1. The largest absolute Gasteiger partial charge is 0.479 e. The maximum absolute atomic E-state index is 6.58. The first-order valence-electron chi connectivity index (χ1n) is 15.1. The number of fused-ring (bicyclic) bond motifs is 3. The van der Waals surface area contributed by atoms with Crippen molar-refractivity contribution in [2.24, 2.45) is 17.8 Å². The third kappa shape index (κ3) is 6.68.